The zero-order valence-corrected chi connectivity index (χ0v) is 15.8. The topological polar surface area (TPSA) is 52.7 Å². The number of piperazine rings is 1. The summed E-state index contributed by atoms with van der Waals surface area (Å²) in [6.45, 7) is 6.31. The first-order chi connectivity index (χ1) is 11.5. The van der Waals surface area contributed by atoms with E-state index < -0.39 is 0 Å². The Bertz CT molecular complexity index is 589. The minimum Gasteiger partial charge on any atom is -0.338 e. The van der Waals surface area contributed by atoms with Gasteiger partial charge in [-0.1, -0.05) is 24.6 Å². The third kappa shape index (κ3) is 5.31. The number of anilines is 1. The van der Waals surface area contributed by atoms with Crippen LogP contribution in [0.15, 0.2) is 18.2 Å². The number of benzene rings is 1. The molecule has 1 aromatic carbocycles. The predicted molar refractivity (Wildman–Crippen MR) is 101 cm³/mol. The first-order valence-electron chi connectivity index (χ1n) is 8.19. The molecule has 132 valence electrons. The van der Waals surface area contributed by atoms with E-state index >= 15 is 0 Å². The Labute approximate surface area is 152 Å². The number of hydrogen-bond donors (Lipinski definition) is 1. The van der Waals surface area contributed by atoms with Crippen molar-refractivity contribution in [3.05, 3.63) is 28.8 Å². The van der Waals surface area contributed by atoms with Crippen LogP contribution in [0, 0.1) is 6.92 Å². The monoisotopic (exact) mass is 369 g/mol. The molecule has 1 heterocycles. The summed E-state index contributed by atoms with van der Waals surface area (Å²) in [6.07, 6.45) is 1.08. The molecule has 1 aromatic rings. The SMILES string of the molecule is CCCSCC(=O)N1CCN(C(=O)Nc2ccc(C)c(Cl)c2)CC1. The molecule has 2 rings (SSSR count). The molecule has 1 aliphatic heterocycles. The maximum Gasteiger partial charge on any atom is 0.321 e. The minimum atomic E-state index is -0.151. The lowest BCUT2D eigenvalue weighted by atomic mass is 10.2. The average molecular weight is 370 g/mol. The number of halogens is 1. The molecule has 0 radical (unpaired) electrons. The Hall–Kier alpha value is -1.40. The van der Waals surface area contributed by atoms with E-state index in [2.05, 4.69) is 12.2 Å². The summed E-state index contributed by atoms with van der Waals surface area (Å²) in [7, 11) is 0. The molecule has 0 saturated carbocycles. The molecule has 0 atom stereocenters. The number of nitrogens with zero attached hydrogens (tertiary/aromatic N) is 2. The lowest BCUT2D eigenvalue weighted by molar-refractivity contribution is -0.129. The maximum atomic E-state index is 12.3. The van der Waals surface area contributed by atoms with Crippen molar-refractivity contribution in [1.82, 2.24) is 9.80 Å². The number of urea groups is 1. The first kappa shape index (κ1) is 18.9. The first-order valence-corrected chi connectivity index (χ1v) is 9.72. The van der Waals surface area contributed by atoms with Crippen LogP contribution in [-0.4, -0.2) is 59.4 Å². The van der Waals surface area contributed by atoms with Gasteiger partial charge in [0.1, 0.15) is 0 Å². The number of thioether (sulfide) groups is 1. The fourth-order valence-corrected chi connectivity index (χ4v) is 3.40. The van der Waals surface area contributed by atoms with Crippen molar-refractivity contribution in [3.63, 3.8) is 0 Å². The molecule has 0 aliphatic carbocycles. The lowest BCUT2D eigenvalue weighted by Gasteiger charge is -2.34. The van der Waals surface area contributed by atoms with Gasteiger partial charge in [-0.25, -0.2) is 4.79 Å². The number of rotatable bonds is 5. The summed E-state index contributed by atoms with van der Waals surface area (Å²) in [4.78, 5) is 28.0. The lowest BCUT2D eigenvalue weighted by Crippen LogP contribution is -2.52. The number of carbonyl (C=O) groups excluding carboxylic acids is 2. The van der Waals surface area contributed by atoms with E-state index in [9.17, 15) is 9.59 Å². The Morgan fingerprint density at radius 3 is 2.50 bits per heavy atom. The molecule has 1 aliphatic rings. The van der Waals surface area contributed by atoms with Crippen LogP contribution in [0.25, 0.3) is 0 Å². The molecule has 5 nitrogen and oxygen atoms in total. The van der Waals surface area contributed by atoms with Crippen molar-refractivity contribution in [2.45, 2.75) is 20.3 Å². The average Bonchev–Trinajstić information content (AvgIpc) is 2.58. The quantitative estimate of drug-likeness (QED) is 0.808. The number of carbonyl (C=O) groups is 2. The summed E-state index contributed by atoms with van der Waals surface area (Å²) < 4.78 is 0. The van der Waals surface area contributed by atoms with Crippen molar-refractivity contribution < 1.29 is 9.59 Å². The van der Waals surface area contributed by atoms with E-state index in [0.717, 1.165) is 17.7 Å². The van der Waals surface area contributed by atoms with E-state index in [4.69, 9.17) is 11.6 Å². The number of hydrogen-bond acceptors (Lipinski definition) is 3. The van der Waals surface area contributed by atoms with E-state index in [1.165, 1.54) is 0 Å². The molecule has 3 amide bonds. The van der Waals surface area contributed by atoms with Gasteiger partial charge in [-0.15, -0.1) is 0 Å². The van der Waals surface area contributed by atoms with Gasteiger partial charge in [0.2, 0.25) is 5.91 Å². The molecule has 0 bridgehead atoms. The molecule has 1 N–H and O–H groups in total. The highest BCUT2D eigenvalue weighted by atomic mass is 35.5. The third-order valence-electron chi connectivity index (χ3n) is 3.92. The zero-order chi connectivity index (χ0) is 17.5. The maximum absolute atomic E-state index is 12.3. The summed E-state index contributed by atoms with van der Waals surface area (Å²) in [5, 5.41) is 3.49. The molecule has 1 saturated heterocycles. The largest absolute Gasteiger partial charge is 0.338 e. The highest BCUT2D eigenvalue weighted by Gasteiger charge is 2.24. The van der Waals surface area contributed by atoms with E-state index in [0.29, 0.717) is 42.6 Å². The van der Waals surface area contributed by atoms with Crippen LogP contribution in [-0.2, 0) is 4.79 Å². The Kier molecular flexibility index (Phi) is 7.24. The van der Waals surface area contributed by atoms with Gasteiger partial charge in [0.15, 0.2) is 0 Å². The molecular formula is C17H24ClN3O2S. The van der Waals surface area contributed by atoms with Crippen LogP contribution in [0.1, 0.15) is 18.9 Å². The molecule has 0 spiro atoms. The van der Waals surface area contributed by atoms with Crippen LogP contribution in [0.2, 0.25) is 5.02 Å². The van der Waals surface area contributed by atoms with E-state index in [1.54, 1.807) is 22.7 Å². The van der Waals surface area contributed by atoms with Crippen molar-refractivity contribution in [1.29, 1.82) is 0 Å². The van der Waals surface area contributed by atoms with Gasteiger partial charge >= 0.3 is 6.03 Å². The van der Waals surface area contributed by atoms with Gasteiger partial charge in [-0.2, -0.15) is 11.8 Å². The zero-order valence-electron chi connectivity index (χ0n) is 14.2. The molecule has 24 heavy (non-hydrogen) atoms. The third-order valence-corrected chi connectivity index (χ3v) is 5.47. The molecule has 1 fully saturated rings. The predicted octanol–water partition coefficient (Wildman–Crippen LogP) is 3.47. The number of amides is 3. The second kappa shape index (κ2) is 9.18. The van der Waals surface area contributed by atoms with Crippen molar-refractivity contribution >= 4 is 41.0 Å². The Balaban J connectivity index is 1.79. The molecular weight excluding hydrogens is 346 g/mol. The van der Waals surface area contributed by atoms with Gasteiger partial charge in [-0.05, 0) is 36.8 Å². The van der Waals surface area contributed by atoms with Gasteiger partial charge < -0.3 is 15.1 Å². The van der Waals surface area contributed by atoms with Gasteiger partial charge in [0.05, 0.1) is 5.75 Å². The number of nitrogens with one attached hydrogen (secondary N) is 1. The van der Waals surface area contributed by atoms with Crippen molar-refractivity contribution in [3.8, 4) is 0 Å². The standard InChI is InChI=1S/C17H24ClN3O2S/c1-3-10-24-12-16(22)20-6-8-21(9-7-20)17(23)19-14-5-4-13(2)15(18)11-14/h4-5,11H,3,6-10,12H2,1-2H3,(H,19,23). The second-order valence-electron chi connectivity index (χ2n) is 5.81. The summed E-state index contributed by atoms with van der Waals surface area (Å²) >= 11 is 7.75. The van der Waals surface area contributed by atoms with Crippen LogP contribution < -0.4 is 5.32 Å². The Morgan fingerprint density at radius 2 is 1.88 bits per heavy atom. The van der Waals surface area contributed by atoms with Gasteiger partial charge in [-0.3, -0.25) is 4.79 Å². The summed E-state index contributed by atoms with van der Waals surface area (Å²) in [6, 6.07) is 5.31. The highest BCUT2D eigenvalue weighted by Crippen LogP contribution is 2.20. The molecule has 0 unspecified atom stereocenters. The van der Waals surface area contributed by atoms with Crippen LogP contribution in [0.4, 0.5) is 10.5 Å². The fraction of sp³-hybridized carbons (Fsp3) is 0.529. The summed E-state index contributed by atoms with van der Waals surface area (Å²) in [5.41, 5.74) is 1.66. The second-order valence-corrected chi connectivity index (χ2v) is 7.33. The Morgan fingerprint density at radius 1 is 1.21 bits per heavy atom. The highest BCUT2D eigenvalue weighted by molar-refractivity contribution is 7.99. The van der Waals surface area contributed by atoms with Crippen LogP contribution in [0.5, 0.6) is 0 Å². The van der Waals surface area contributed by atoms with Crippen molar-refractivity contribution in [2.75, 3.05) is 43.0 Å². The normalized spacial score (nSPS) is 14.6. The van der Waals surface area contributed by atoms with E-state index in [1.807, 2.05) is 24.0 Å². The van der Waals surface area contributed by atoms with E-state index in [-0.39, 0.29) is 11.9 Å². The number of aryl methyl sites for hydroxylation is 1. The van der Waals surface area contributed by atoms with Crippen molar-refractivity contribution in [2.24, 2.45) is 0 Å². The smallest absolute Gasteiger partial charge is 0.321 e. The fourth-order valence-electron chi connectivity index (χ4n) is 2.43. The molecule has 0 aromatic heterocycles. The molecule has 7 heteroatoms. The van der Waals surface area contributed by atoms with Gasteiger partial charge in [0.25, 0.3) is 0 Å². The minimum absolute atomic E-state index is 0.151. The van der Waals surface area contributed by atoms with Gasteiger partial charge in [0, 0.05) is 36.9 Å². The summed E-state index contributed by atoms with van der Waals surface area (Å²) in [5.74, 6) is 1.70. The van der Waals surface area contributed by atoms with Crippen LogP contribution in [0.3, 0.4) is 0 Å². The van der Waals surface area contributed by atoms with Crippen LogP contribution >= 0.6 is 23.4 Å².